The van der Waals surface area contributed by atoms with Crippen LogP contribution in [0.2, 0.25) is 0 Å². The first kappa shape index (κ1) is 16.9. The Bertz CT molecular complexity index is 552. The fourth-order valence-corrected chi connectivity index (χ4v) is 4.98. The molecular weight excluding hydrogens is 310 g/mol. The molecule has 0 saturated carbocycles. The van der Waals surface area contributed by atoms with Crippen LogP contribution in [0.4, 0.5) is 0 Å². The average Bonchev–Trinajstić information content (AvgIpc) is 2.97. The maximum Gasteiger partial charge on any atom is 0.323 e. The van der Waals surface area contributed by atoms with Gasteiger partial charge in [0.1, 0.15) is 6.04 Å². The van der Waals surface area contributed by atoms with Crippen LogP contribution < -0.4 is 5.73 Å². The van der Waals surface area contributed by atoms with E-state index in [-0.39, 0.29) is 5.97 Å². The molecule has 1 aromatic heterocycles. The Kier molecular flexibility index (Phi) is 5.36. The van der Waals surface area contributed by atoms with Gasteiger partial charge in [0.15, 0.2) is 0 Å². The van der Waals surface area contributed by atoms with E-state index in [0.717, 1.165) is 32.6 Å². The van der Waals surface area contributed by atoms with Crippen LogP contribution >= 0.6 is 11.3 Å². The summed E-state index contributed by atoms with van der Waals surface area (Å²) in [5, 5.41) is 0. The van der Waals surface area contributed by atoms with Gasteiger partial charge in [-0.2, -0.15) is 0 Å². The third-order valence-corrected chi connectivity index (χ3v) is 6.27. The van der Waals surface area contributed by atoms with Crippen molar-refractivity contribution in [2.75, 3.05) is 40.3 Å². The summed E-state index contributed by atoms with van der Waals surface area (Å²) >= 11 is 1.83. The fraction of sp³-hybridized carbons (Fsp3) is 0.706. The molecule has 2 heterocycles. The zero-order valence-electron chi connectivity index (χ0n) is 14.1. The molecule has 2 aliphatic rings. The third-order valence-electron chi connectivity index (χ3n) is 5.04. The summed E-state index contributed by atoms with van der Waals surface area (Å²) < 4.78 is 4.74. The maximum atomic E-state index is 11.5. The van der Waals surface area contributed by atoms with Gasteiger partial charge in [-0.1, -0.05) is 0 Å². The zero-order chi connectivity index (χ0) is 16.4. The second-order valence-electron chi connectivity index (χ2n) is 6.67. The Morgan fingerprint density at radius 1 is 1.43 bits per heavy atom. The SMILES string of the molecule is COC(=O)C(N)Cc1cc2c(s1)CCCC2N1CCN(C)CC1. The number of methoxy groups -OCH3 is 1. The van der Waals surface area contributed by atoms with Crippen LogP contribution in [0.15, 0.2) is 6.07 Å². The minimum absolute atomic E-state index is 0.327. The second-order valence-corrected chi connectivity index (χ2v) is 7.89. The topological polar surface area (TPSA) is 58.8 Å². The van der Waals surface area contributed by atoms with Crippen LogP contribution in [0.5, 0.6) is 0 Å². The summed E-state index contributed by atoms with van der Waals surface area (Å²) in [7, 11) is 3.59. The van der Waals surface area contributed by atoms with Gasteiger partial charge in [0, 0.05) is 48.4 Å². The first-order valence-corrected chi connectivity index (χ1v) is 9.27. The quantitative estimate of drug-likeness (QED) is 0.842. The number of likely N-dealkylation sites (N-methyl/N-ethyl adjacent to an activating group) is 1. The van der Waals surface area contributed by atoms with E-state index in [4.69, 9.17) is 10.5 Å². The number of nitrogens with two attached hydrogens (primary N) is 1. The number of hydrogen-bond donors (Lipinski definition) is 1. The summed E-state index contributed by atoms with van der Waals surface area (Å²) in [6, 6.07) is 2.29. The second kappa shape index (κ2) is 7.30. The fourth-order valence-electron chi connectivity index (χ4n) is 3.65. The van der Waals surface area contributed by atoms with Gasteiger partial charge in [0.05, 0.1) is 7.11 Å². The lowest BCUT2D eigenvalue weighted by atomic mass is 9.91. The molecule has 0 aromatic carbocycles. The molecule has 2 N–H and O–H groups in total. The van der Waals surface area contributed by atoms with Crippen molar-refractivity contribution in [3.63, 3.8) is 0 Å². The van der Waals surface area contributed by atoms with E-state index >= 15 is 0 Å². The minimum Gasteiger partial charge on any atom is -0.468 e. The molecule has 0 spiro atoms. The molecular formula is C17H27N3O2S. The van der Waals surface area contributed by atoms with Gasteiger partial charge in [0.25, 0.3) is 0 Å². The molecule has 128 valence electrons. The summed E-state index contributed by atoms with van der Waals surface area (Å²) in [4.78, 5) is 19.3. The molecule has 0 amide bonds. The van der Waals surface area contributed by atoms with Crippen LogP contribution in [0, 0.1) is 0 Å². The van der Waals surface area contributed by atoms with Gasteiger partial charge >= 0.3 is 5.97 Å². The summed E-state index contributed by atoms with van der Waals surface area (Å²) in [6.45, 7) is 4.59. The molecule has 1 saturated heterocycles. The Morgan fingerprint density at radius 3 is 2.87 bits per heavy atom. The molecule has 5 nitrogen and oxygen atoms in total. The van der Waals surface area contributed by atoms with E-state index in [0.29, 0.717) is 12.5 Å². The Morgan fingerprint density at radius 2 is 2.17 bits per heavy atom. The number of nitrogens with zero attached hydrogens (tertiary/aromatic N) is 2. The molecule has 1 aliphatic heterocycles. The van der Waals surface area contributed by atoms with Crippen LogP contribution in [0.3, 0.4) is 0 Å². The normalized spacial score (nSPS) is 24.2. The number of carbonyl (C=O) groups excluding carboxylic acids is 1. The van der Waals surface area contributed by atoms with Crippen LogP contribution in [-0.2, 0) is 22.4 Å². The first-order chi connectivity index (χ1) is 11.1. The standard InChI is InChI=1S/C17H27N3O2S/c1-19-6-8-20(9-7-19)15-4-3-5-16-13(15)10-12(23-16)11-14(18)17(21)22-2/h10,14-15H,3-9,11,18H2,1-2H3. The Labute approximate surface area is 142 Å². The van der Waals surface area contributed by atoms with Gasteiger partial charge in [-0.15, -0.1) is 11.3 Å². The summed E-state index contributed by atoms with van der Waals surface area (Å²) in [5.74, 6) is -0.327. The lowest BCUT2D eigenvalue weighted by molar-refractivity contribution is -0.142. The number of thiophene rings is 1. The Hall–Kier alpha value is -0.950. The number of fused-ring (bicyclic) bond motifs is 1. The first-order valence-electron chi connectivity index (χ1n) is 8.46. The van der Waals surface area contributed by atoms with E-state index in [2.05, 4.69) is 22.9 Å². The highest BCUT2D eigenvalue weighted by molar-refractivity contribution is 7.12. The predicted molar refractivity (Wildman–Crippen MR) is 92.8 cm³/mol. The molecule has 0 bridgehead atoms. The van der Waals surface area contributed by atoms with Crippen molar-refractivity contribution in [3.8, 4) is 0 Å². The van der Waals surface area contributed by atoms with E-state index in [1.165, 1.54) is 35.3 Å². The van der Waals surface area contributed by atoms with E-state index < -0.39 is 6.04 Å². The van der Waals surface area contributed by atoms with Gasteiger partial charge in [-0.25, -0.2) is 0 Å². The molecule has 6 heteroatoms. The minimum atomic E-state index is -0.554. The lowest BCUT2D eigenvalue weighted by Crippen LogP contribution is -2.46. The summed E-state index contributed by atoms with van der Waals surface area (Å²) in [6.07, 6.45) is 4.25. The van der Waals surface area contributed by atoms with Gasteiger partial charge in [0.2, 0.25) is 0 Å². The molecule has 23 heavy (non-hydrogen) atoms. The number of rotatable bonds is 4. The smallest absolute Gasteiger partial charge is 0.323 e. The predicted octanol–water partition coefficient (Wildman–Crippen LogP) is 1.42. The number of esters is 1. The van der Waals surface area contributed by atoms with Crippen LogP contribution in [-0.4, -0.2) is 62.1 Å². The average molecular weight is 337 g/mol. The number of hydrogen-bond acceptors (Lipinski definition) is 6. The van der Waals surface area contributed by atoms with Gasteiger partial charge in [-0.05, 0) is 37.9 Å². The Balaban J connectivity index is 1.73. The molecule has 1 aliphatic carbocycles. The molecule has 2 atom stereocenters. The van der Waals surface area contributed by atoms with Crippen molar-refractivity contribution >= 4 is 17.3 Å². The molecule has 3 rings (SSSR count). The number of piperazine rings is 1. The van der Waals surface area contributed by atoms with Crippen molar-refractivity contribution in [1.29, 1.82) is 0 Å². The maximum absolute atomic E-state index is 11.5. The number of aryl methyl sites for hydroxylation is 1. The highest BCUT2D eigenvalue weighted by atomic mass is 32.1. The molecule has 2 unspecified atom stereocenters. The van der Waals surface area contributed by atoms with Crippen LogP contribution in [0.25, 0.3) is 0 Å². The largest absolute Gasteiger partial charge is 0.468 e. The van der Waals surface area contributed by atoms with Crippen molar-refractivity contribution in [2.24, 2.45) is 5.73 Å². The van der Waals surface area contributed by atoms with Crippen molar-refractivity contribution in [2.45, 2.75) is 37.8 Å². The molecule has 0 radical (unpaired) electrons. The number of ether oxygens (including phenoxy) is 1. The number of carbonyl (C=O) groups is 1. The third kappa shape index (κ3) is 3.76. The van der Waals surface area contributed by atoms with Crippen molar-refractivity contribution in [1.82, 2.24) is 9.80 Å². The molecule has 1 aromatic rings. The zero-order valence-corrected chi connectivity index (χ0v) is 14.9. The highest BCUT2D eigenvalue weighted by Gasteiger charge is 2.30. The van der Waals surface area contributed by atoms with Crippen molar-refractivity contribution in [3.05, 3.63) is 21.4 Å². The monoisotopic (exact) mass is 337 g/mol. The van der Waals surface area contributed by atoms with Crippen LogP contribution in [0.1, 0.15) is 34.2 Å². The lowest BCUT2D eigenvalue weighted by Gasteiger charge is -2.39. The molecule has 1 fully saturated rings. The van der Waals surface area contributed by atoms with Gasteiger partial charge < -0.3 is 15.4 Å². The van der Waals surface area contributed by atoms with Crippen molar-refractivity contribution < 1.29 is 9.53 Å². The van der Waals surface area contributed by atoms with E-state index in [1.54, 1.807) is 0 Å². The van der Waals surface area contributed by atoms with E-state index in [1.807, 2.05) is 11.3 Å². The van der Waals surface area contributed by atoms with Gasteiger partial charge in [-0.3, -0.25) is 9.69 Å². The summed E-state index contributed by atoms with van der Waals surface area (Å²) in [5.41, 5.74) is 7.41. The van der Waals surface area contributed by atoms with E-state index in [9.17, 15) is 4.79 Å². The highest BCUT2D eigenvalue weighted by Crippen LogP contribution is 2.39.